The van der Waals surface area contributed by atoms with Crippen molar-refractivity contribution in [2.45, 2.75) is 12.8 Å². The first-order valence-electron chi connectivity index (χ1n) is 10.7. The number of benzene rings is 4. The van der Waals surface area contributed by atoms with E-state index in [-0.39, 0.29) is 51.1 Å². The average Bonchev–Trinajstić information content (AvgIpc) is 2.84. The van der Waals surface area contributed by atoms with Crippen molar-refractivity contribution in [3.63, 3.8) is 0 Å². The Bertz CT molecular complexity index is 828. The zero-order valence-corrected chi connectivity index (χ0v) is 22.9. The Morgan fingerprint density at radius 1 is 0.364 bits per heavy atom. The molecule has 0 nitrogen and oxygen atoms in total. The maximum absolute atomic E-state index is 2.31. The van der Waals surface area contributed by atoms with Crippen LogP contribution in [0, 0.1) is 14.9 Å². The Balaban J connectivity index is 0.00000181. The predicted octanol–water partition coefficient (Wildman–Crippen LogP) is 6.93. The van der Waals surface area contributed by atoms with Crippen molar-refractivity contribution in [3.8, 4) is 0 Å². The van der Waals surface area contributed by atoms with Crippen LogP contribution < -0.4 is 21.2 Å². The summed E-state index contributed by atoms with van der Waals surface area (Å²) in [5.74, 6) is 0. The molecule has 0 aliphatic heterocycles. The molecule has 0 atom stereocenters. The van der Waals surface area contributed by atoms with Crippen molar-refractivity contribution in [1.29, 1.82) is 0 Å². The van der Waals surface area contributed by atoms with Crippen molar-refractivity contribution in [3.05, 3.63) is 136 Å². The van der Waals surface area contributed by atoms with E-state index in [1.807, 2.05) is 0 Å². The molecule has 0 saturated heterocycles. The van der Waals surface area contributed by atoms with Crippen LogP contribution in [0.15, 0.2) is 121 Å². The maximum Gasteiger partial charge on any atom is 2.00 e. The minimum atomic E-state index is -0.283. The molecular weight excluding hydrogens is 529 g/mol. The molecule has 4 aromatic carbocycles. The SMILES string of the molecule is [CH3-].[CH3-].[Pd+2].c1ccc(P(CCCCP(c2ccccc2)c2ccccc2)c2ccccc2)cc1. The predicted molar refractivity (Wildman–Crippen MR) is 150 cm³/mol. The molecule has 0 N–H and O–H groups in total. The average molecular weight is 563 g/mol. The molecular formula is C30H34P2Pd. The quantitative estimate of drug-likeness (QED) is 0.0898. The fourth-order valence-corrected chi connectivity index (χ4v) is 8.62. The summed E-state index contributed by atoms with van der Waals surface area (Å²) in [6, 6.07) is 44.3. The molecule has 0 unspecified atom stereocenters. The van der Waals surface area contributed by atoms with E-state index in [1.165, 1.54) is 46.4 Å². The third-order valence-electron chi connectivity index (χ3n) is 5.28. The van der Waals surface area contributed by atoms with Gasteiger partial charge in [0.15, 0.2) is 0 Å². The van der Waals surface area contributed by atoms with Crippen molar-refractivity contribution in [1.82, 2.24) is 0 Å². The molecule has 0 aromatic heterocycles. The number of unbranched alkanes of at least 4 members (excludes halogenated alkanes) is 1. The van der Waals surface area contributed by atoms with Gasteiger partial charge in [-0.15, -0.1) is 0 Å². The van der Waals surface area contributed by atoms with Crippen LogP contribution in [0.5, 0.6) is 0 Å². The minimum absolute atomic E-state index is 0. The summed E-state index contributed by atoms with van der Waals surface area (Å²) in [7, 11) is -0.566. The summed E-state index contributed by atoms with van der Waals surface area (Å²) in [6.07, 6.45) is 5.06. The van der Waals surface area contributed by atoms with Gasteiger partial charge in [-0.05, 0) is 62.2 Å². The van der Waals surface area contributed by atoms with Gasteiger partial charge in [0, 0.05) is 0 Å². The largest absolute Gasteiger partial charge is 2.00 e. The van der Waals surface area contributed by atoms with Crippen LogP contribution in [0.3, 0.4) is 0 Å². The summed E-state index contributed by atoms with van der Waals surface area (Å²) in [5, 5.41) is 5.97. The smallest absolute Gasteiger partial charge is 0.358 e. The van der Waals surface area contributed by atoms with E-state index < -0.39 is 0 Å². The van der Waals surface area contributed by atoms with Gasteiger partial charge < -0.3 is 14.9 Å². The first kappa shape index (κ1) is 29.4. The van der Waals surface area contributed by atoms with E-state index in [0.29, 0.717) is 0 Å². The van der Waals surface area contributed by atoms with Gasteiger partial charge in [0.1, 0.15) is 0 Å². The maximum atomic E-state index is 2.31. The van der Waals surface area contributed by atoms with Crippen LogP contribution in [-0.4, -0.2) is 12.3 Å². The molecule has 33 heavy (non-hydrogen) atoms. The van der Waals surface area contributed by atoms with E-state index in [9.17, 15) is 0 Å². The van der Waals surface area contributed by atoms with Gasteiger partial charge in [-0.2, -0.15) is 0 Å². The van der Waals surface area contributed by atoms with Gasteiger partial charge in [0.25, 0.3) is 0 Å². The molecule has 0 aliphatic rings. The topological polar surface area (TPSA) is 0 Å². The summed E-state index contributed by atoms with van der Waals surface area (Å²) in [5.41, 5.74) is 0. The first-order chi connectivity index (χ1) is 14.9. The fraction of sp³-hybridized carbons (Fsp3) is 0.133. The molecule has 3 heteroatoms. The standard InChI is InChI=1S/C28H28P2.2CH3.Pd/c1-5-15-25(16-6-1)29(26-17-7-2-8-18-26)23-13-14-24-30(27-19-9-3-10-20-27)28-21-11-4-12-22-28;;;/h1-12,15-22H,13-14,23-24H2;2*1H3;/q;2*-1;+2. The minimum Gasteiger partial charge on any atom is -0.358 e. The third-order valence-corrected chi connectivity index (χ3v) is 10.5. The van der Waals surface area contributed by atoms with Crippen molar-refractivity contribution in [2.75, 3.05) is 12.3 Å². The van der Waals surface area contributed by atoms with Crippen LogP contribution in [0.1, 0.15) is 12.8 Å². The molecule has 0 radical (unpaired) electrons. The van der Waals surface area contributed by atoms with Gasteiger partial charge in [0.05, 0.1) is 0 Å². The van der Waals surface area contributed by atoms with Gasteiger partial charge >= 0.3 is 20.4 Å². The van der Waals surface area contributed by atoms with Crippen molar-refractivity contribution < 1.29 is 20.4 Å². The number of hydrogen-bond acceptors (Lipinski definition) is 0. The van der Waals surface area contributed by atoms with Gasteiger partial charge in [-0.25, -0.2) is 0 Å². The Hall–Kier alpha value is -1.60. The first-order valence-corrected chi connectivity index (χ1v) is 13.7. The molecule has 0 amide bonds. The second-order valence-electron chi connectivity index (χ2n) is 7.35. The van der Waals surface area contributed by atoms with E-state index in [2.05, 4.69) is 121 Å². The Labute approximate surface area is 218 Å². The van der Waals surface area contributed by atoms with Crippen molar-refractivity contribution in [2.24, 2.45) is 0 Å². The van der Waals surface area contributed by atoms with Gasteiger partial charge in [-0.1, -0.05) is 121 Å². The molecule has 0 fully saturated rings. The van der Waals surface area contributed by atoms with E-state index in [0.717, 1.165) is 0 Å². The molecule has 174 valence electrons. The van der Waals surface area contributed by atoms with E-state index in [1.54, 1.807) is 0 Å². The summed E-state index contributed by atoms with van der Waals surface area (Å²) < 4.78 is 0. The van der Waals surface area contributed by atoms with Crippen LogP contribution >= 0.6 is 15.8 Å². The molecule has 0 spiro atoms. The third kappa shape index (κ3) is 8.60. The fourth-order valence-electron chi connectivity index (χ4n) is 3.79. The molecule has 0 saturated carbocycles. The van der Waals surface area contributed by atoms with E-state index in [4.69, 9.17) is 0 Å². The monoisotopic (exact) mass is 562 g/mol. The normalized spacial score (nSPS) is 10.1. The Morgan fingerprint density at radius 2 is 0.576 bits per heavy atom. The van der Waals surface area contributed by atoms with Crippen molar-refractivity contribution >= 4 is 37.1 Å². The van der Waals surface area contributed by atoms with Crippen LogP contribution in [0.25, 0.3) is 0 Å². The van der Waals surface area contributed by atoms with Crippen LogP contribution in [0.4, 0.5) is 0 Å². The second-order valence-corrected chi connectivity index (χ2v) is 12.0. The zero-order valence-electron chi connectivity index (χ0n) is 19.6. The van der Waals surface area contributed by atoms with E-state index >= 15 is 0 Å². The molecule has 0 aliphatic carbocycles. The molecule has 0 heterocycles. The molecule has 4 aromatic rings. The van der Waals surface area contributed by atoms with Crippen LogP contribution in [-0.2, 0) is 20.4 Å². The summed E-state index contributed by atoms with van der Waals surface area (Å²) in [4.78, 5) is 0. The van der Waals surface area contributed by atoms with Gasteiger partial charge in [0.2, 0.25) is 0 Å². The Kier molecular flexibility index (Phi) is 14.4. The zero-order chi connectivity index (χ0) is 20.4. The molecule has 4 rings (SSSR count). The summed E-state index contributed by atoms with van der Waals surface area (Å²) >= 11 is 0. The second kappa shape index (κ2) is 16.1. The summed E-state index contributed by atoms with van der Waals surface area (Å²) in [6.45, 7) is 0. The number of rotatable bonds is 9. The molecule has 0 bridgehead atoms. The number of hydrogen-bond donors (Lipinski definition) is 0. The van der Waals surface area contributed by atoms with Crippen LogP contribution in [0.2, 0.25) is 0 Å². The van der Waals surface area contributed by atoms with Gasteiger partial charge in [-0.3, -0.25) is 0 Å². The Morgan fingerprint density at radius 3 is 0.788 bits per heavy atom.